The molecule has 1 fully saturated rings. The lowest BCUT2D eigenvalue weighted by molar-refractivity contribution is -0.140. The maximum Gasteiger partial charge on any atom is 0.278 e. The van der Waals surface area contributed by atoms with Crippen molar-refractivity contribution in [3.8, 4) is 0 Å². The van der Waals surface area contributed by atoms with Gasteiger partial charge in [0, 0.05) is 19.1 Å². The minimum atomic E-state index is -0.113. The molecule has 0 unspecified atom stereocenters. The van der Waals surface area contributed by atoms with E-state index in [0.717, 1.165) is 47.9 Å². The Morgan fingerprint density at radius 1 is 0.879 bits per heavy atom. The molecule has 2 aromatic rings. The highest BCUT2D eigenvalue weighted by atomic mass is 16.2. The Morgan fingerprint density at radius 3 is 2.18 bits per heavy atom. The summed E-state index contributed by atoms with van der Waals surface area (Å²) >= 11 is 0. The molecule has 1 heterocycles. The number of rotatable bonds is 6. The number of likely N-dealkylation sites (N-methyl/N-ethyl adjacent to an activating group) is 1. The molecule has 2 aromatic carbocycles. The second-order valence-corrected chi connectivity index (χ2v) is 9.52. The van der Waals surface area contributed by atoms with Gasteiger partial charge in [0.2, 0.25) is 0 Å². The van der Waals surface area contributed by atoms with Crippen molar-refractivity contribution in [2.45, 2.75) is 78.3 Å². The van der Waals surface area contributed by atoms with E-state index in [2.05, 4.69) is 36.9 Å². The van der Waals surface area contributed by atoms with Crippen molar-refractivity contribution >= 4 is 17.4 Å². The van der Waals surface area contributed by atoms with E-state index >= 15 is 0 Å². The normalized spacial score (nSPS) is 18.0. The summed E-state index contributed by atoms with van der Waals surface area (Å²) in [6.07, 6.45) is 7.62. The Morgan fingerprint density at radius 2 is 1.55 bits per heavy atom. The molecule has 0 saturated heterocycles. The predicted octanol–water partition coefficient (Wildman–Crippen LogP) is 6.02. The minimum Gasteiger partial charge on any atom is -0.362 e. The lowest BCUT2D eigenvalue weighted by atomic mass is 9.95. The van der Waals surface area contributed by atoms with Crippen LogP contribution in [-0.2, 0) is 16.1 Å². The van der Waals surface area contributed by atoms with Gasteiger partial charge >= 0.3 is 0 Å². The van der Waals surface area contributed by atoms with E-state index in [-0.39, 0.29) is 17.9 Å². The van der Waals surface area contributed by atoms with E-state index in [1.807, 2.05) is 37.3 Å². The van der Waals surface area contributed by atoms with Gasteiger partial charge in [0.15, 0.2) is 0 Å². The molecule has 33 heavy (non-hydrogen) atoms. The zero-order chi connectivity index (χ0) is 23.4. The first-order valence-electron chi connectivity index (χ1n) is 12.5. The van der Waals surface area contributed by atoms with Crippen LogP contribution in [0.15, 0.2) is 54.2 Å². The van der Waals surface area contributed by atoms with Crippen LogP contribution >= 0.6 is 0 Å². The summed E-state index contributed by atoms with van der Waals surface area (Å²) in [5, 5.41) is 0. The quantitative estimate of drug-likeness (QED) is 0.512. The molecule has 4 nitrogen and oxygen atoms in total. The van der Waals surface area contributed by atoms with E-state index < -0.39 is 0 Å². The van der Waals surface area contributed by atoms with Gasteiger partial charge in [-0.05, 0) is 50.3 Å². The summed E-state index contributed by atoms with van der Waals surface area (Å²) in [5.41, 5.74) is 5.37. The van der Waals surface area contributed by atoms with Gasteiger partial charge in [0.25, 0.3) is 11.8 Å². The van der Waals surface area contributed by atoms with Crippen molar-refractivity contribution in [3.05, 3.63) is 76.5 Å². The minimum absolute atomic E-state index is 0.000939. The number of hydrogen-bond acceptors (Lipinski definition) is 3. The van der Waals surface area contributed by atoms with E-state index in [1.54, 1.807) is 4.90 Å². The summed E-state index contributed by atoms with van der Waals surface area (Å²) in [5.74, 6) is -0.225. The lowest BCUT2D eigenvalue weighted by Gasteiger charge is -2.30. The molecule has 4 rings (SSSR count). The van der Waals surface area contributed by atoms with Crippen molar-refractivity contribution in [2.24, 2.45) is 0 Å². The Bertz CT molecular complexity index is 1030. The number of carbonyl (C=O) groups is 2. The van der Waals surface area contributed by atoms with Gasteiger partial charge in [-0.25, -0.2) is 0 Å². The molecule has 1 aliphatic heterocycles. The van der Waals surface area contributed by atoms with Gasteiger partial charge in [0.05, 0.1) is 5.57 Å². The average molecular weight is 445 g/mol. The Balaban J connectivity index is 1.78. The highest BCUT2D eigenvalue weighted by molar-refractivity contribution is 6.36. The molecule has 2 amide bonds. The fraction of sp³-hybridized carbons (Fsp3) is 0.448. The summed E-state index contributed by atoms with van der Waals surface area (Å²) < 4.78 is 0. The Labute approximate surface area is 198 Å². The third-order valence-corrected chi connectivity index (χ3v) is 7.10. The summed E-state index contributed by atoms with van der Waals surface area (Å²) in [6, 6.07) is 16.3. The number of hydrogen-bond donors (Lipinski definition) is 0. The number of benzene rings is 2. The Kier molecular flexibility index (Phi) is 7.32. The fourth-order valence-electron chi connectivity index (χ4n) is 5.34. The van der Waals surface area contributed by atoms with Crippen LogP contribution in [0.4, 0.5) is 0 Å². The molecule has 1 aliphatic carbocycles. The standard InChI is InChI=1S/C29H36N2O2/c1-4-30(20-23-13-9-8-10-14-23)27-26(25-18-17-21(2)19-22(25)3)28(32)31(29(27)33)24-15-11-6-5-7-12-16-24/h8-10,13-14,17-19,24H,4-7,11-12,15-16,20H2,1-3H3. The van der Waals surface area contributed by atoms with E-state index in [1.165, 1.54) is 19.3 Å². The molecule has 0 N–H and O–H groups in total. The predicted molar refractivity (Wildman–Crippen MR) is 133 cm³/mol. The van der Waals surface area contributed by atoms with Crippen molar-refractivity contribution in [1.82, 2.24) is 9.80 Å². The van der Waals surface area contributed by atoms with Crippen molar-refractivity contribution in [3.63, 3.8) is 0 Å². The maximum atomic E-state index is 14.0. The van der Waals surface area contributed by atoms with E-state index in [9.17, 15) is 9.59 Å². The lowest BCUT2D eigenvalue weighted by Crippen LogP contribution is -2.43. The molecular weight excluding hydrogens is 408 g/mol. The fourth-order valence-corrected chi connectivity index (χ4v) is 5.34. The molecule has 0 spiro atoms. The summed E-state index contributed by atoms with van der Waals surface area (Å²) in [7, 11) is 0. The van der Waals surface area contributed by atoms with Crippen molar-refractivity contribution < 1.29 is 9.59 Å². The van der Waals surface area contributed by atoms with Crippen LogP contribution in [0.25, 0.3) is 5.57 Å². The van der Waals surface area contributed by atoms with Crippen molar-refractivity contribution in [1.29, 1.82) is 0 Å². The van der Waals surface area contributed by atoms with Gasteiger partial charge in [-0.15, -0.1) is 0 Å². The molecule has 4 heteroatoms. The smallest absolute Gasteiger partial charge is 0.278 e. The number of nitrogens with zero attached hydrogens (tertiary/aromatic N) is 2. The molecule has 174 valence electrons. The second-order valence-electron chi connectivity index (χ2n) is 9.52. The largest absolute Gasteiger partial charge is 0.362 e. The topological polar surface area (TPSA) is 40.6 Å². The molecule has 0 aromatic heterocycles. The molecular formula is C29H36N2O2. The molecule has 0 bridgehead atoms. The van der Waals surface area contributed by atoms with Gasteiger partial charge in [-0.2, -0.15) is 0 Å². The number of carbonyl (C=O) groups excluding carboxylic acids is 2. The van der Waals surface area contributed by atoms with Crippen molar-refractivity contribution in [2.75, 3.05) is 6.54 Å². The van der Waals surface area contributed by atoms with Crippen LogP contribution in [0.1, 0.15) is 74.1 Å². The highest BCUT2D eigenvalue weighted by Crippen LogP contribution is 2.37. The SMILES string of the molecule is CCN(Cc1ccccc1)C1=C(c2ccc(C)cc2C)C(=O)N(C2CCCCCCC2)C1=O. The molecule has 1 saturated carbocycles. The zero-order valence-corrected chi connectivity index (χ0v) is 20.3. The van der Waals surface area contributed by atoms with E-state index in [4.69, 9.17) is 0 Å². The van der Waals surface area contributed by atoms with Crippen LogP contribution in [0.3, 0.4) is 0 Å². The number of amides is 2. The highest BCUT2D eigenvalue weighted by Gasteiger charge is 2.44. The third-order valence-electron chi connectivity index (χ3n) is 7.10. The Hall–Kier alpha value is -2.88. The van der Waals surface area contributed by atoms with Gasteiger partial charge < -0.3 is 4.90 Å². The van der Waals surface area contributed by atoms with Gasteiger partial charge in [0.1, 0.15) is 5.70 Å². The molecule has 2 aliphatic rings. The van der Waals surface area contributed by atoms with Crippen LogP contribution < -0.4 is 0 Å². The first-order valence-corrected chi connectivity index (χ1v) is 12.5. The van der Waals surface area contributed by atoms with E-state index in [0.29, 0.717) is 24.4 Å². The van der Waals surface area contributed by atoms with Crippen LogP contribution in [0, 0.1) is 13.8 Å². The number of imide groups is 1. The monoisotopic (exact) mass is 444 g/mol. The van der Waals surface area contributed by atoms with Gasteiger partial charge in [-0.1, -0.05) is 86.2 Å². The van der Waals surface area contributed by atoms with Crippen LogP contribution in [-0.4, -0.2) is 34.2 Å². The number of aryl methyl sites for hydroxylation is 2. The van der Waals surface area contributed by atoms with Gasteiger partial charge in [-0.3, -0.25) is 14.5 Å². The average Bonchev–Trinajstić information content (AvgIpc) is 3.03. The third kappa shape index (κ3) is 4.90. The second kappa shape index (κ2) is 10.4. The van der Waals surface area contributed by atoms with Crippen LogP contribution in [0.2, 0.25) is 0 Å². The van der Waals surface area contributed by atoms with Crippen LogP contribution in [0.5, 0.6) is 0 Å². The summed E-state index contributed by atoms with van der Waals surface area (Å²) in [6.45, 7) is 7.43. The molecule has 0 radical (unpaired) electrons. The first kappa shape index (κ1) is 23.3. The zero-order valence-electron chi connectivity index (χ0n) is 20.3. The molecule has 0 atom stereocenters. The maximum absolute atomic E-state index is 14.0. The summed E-state index contributed by atoms with van der Waals surface area (Å²) in [4.78, 5) is 31.6. The first-order chi connectivity index (χ1) is 16.0.